The smallest absolute Gasteiger partial charge is 0.0603 e. The van der Waals surface area contributed by atoms with Gasteiger partial charge < -0.3 is 5.11 Å². The molecule has 21 heavy (non-hydrogen) atoms. The lowest BCUT2D eigenvalue weighted by Crippen LogP contribution is -1.83. The molecular weight excluding hydrogens is 323 g/mol. The summed E-state index contributed by atoms with van der Waals surface area (Å²) in [4.78, 5) is 1.09. The normalized spacial score (nSPS) is 10.0. The molecule has 2 rings (SSSR count). The molecule has 0 spiro atoms. The molecule has 0 radical (unpaired) electrons. The molecule has 0 aromatic heterocycles. The van der Waals surface area contributed by atoms with Gasteiger partial charge in [0.25, 0.3) is 0 Å². The van der Waals surface area contributed by atoms with E-state index in [1.807, 2.05) is 30.3 Å². The van der Waals surface area contributed by atoms with Crippen molar-refractivity contribution in [2.45, 2.75) is 17.1 Å². The molecule has 0 fully saturated rings. The number of rotatable bonds is 4. The third-order valence-corrected chi connectivity index (χ3v) is 4.52. The Morgan fingerprint density at radius 3 is 2.43 bits per heavy atom. The fourth-order valence-electron chi connectivity index (χ4n) is 1.64. The van der Waals surface area contributed by atoms with Gasteiger partial charge in [-0.15, -0.1) is 11.8 Å². The summed E-state index contributed by atoms with van der Waals surface area (Å²) in [6.45, 7) is 0.103. The number of halogens is 2. The minimum atomic E-state index is 0.103. The van der Waals surface area contributed by atoms with E-state index in [0.717, 1.165) is 16.2 Å². The zero-order chi connectivity index (χ0) is 15.1. The molecule has 0 amide bonds. The molecule has 2 aromatic rings. The molecule has 0 aliphatic heterocycles. The lowest BCUT2D eigenvalue weighted by Gasteiger charge is -2.04. The summed E-state index contributed by atoms with van der Waals surface area (Å²) in [7, 11) is 0. The Morgan fingerprint density at radius 2 is 1.76 bits per heavy atom. The summed E-state index contributed by atoms with van der Waals surface area (Å²) in [5.74, 6) is 6.78. The van der Waals surface area contributed by atoms with Crippen molar-refractivity contribution in [3.63, 3.8) is 0 Å². The molecule has 0 saturated carbocycles. The van der Waals surface area contributed by atoms with Crippen LogP contribution in [0.3, 0.4) is 0 Å². The summed E-state index contributed by atoms with van der Waals surface area (Å²) in [5.41, 5.74) is 2.19. The average molecular weight is 337 g/mol. The van der Waals surface area contributed by atoms with E-state index < -0.39 is 0 Å². The molecule has 0 bridgehead atoms. The van der Waals surface area contributed by atoms with Gasteiger partial charge in [-0.2, -0.15) is 0 Å². The van der Waals surface area contributed by atoms with Gasteiger partial charge >= 0.3 is 0 Å². The van der Waals surface area contributed by atoms with Crippen LogP contribution in [0.25, 0.3) is 0 Å². The minimum absolute atomic E-state index is 0.103. The fraction of sp³-hybridized carbons (Fsp3) is 0.176. The van der Waals surface area contributed by atoms with Crippen LogP contribution in [0.1, 0.15) is 17.5 Å². The van der Waals surface area contributed by atoms with Crippen LogP contribution in [0.15, 0.2) is 47.4 Å². The van der Waals surface area contributed by atoms with Gasteiger partial charge in [0.2, 0.25) is 0 Å². The zero-order valence-electron chi connectivity index (χ0n) is 11.3. The molecule has 108 valence electrons. The Balaban J connectivity index is 1.94. The molecule has 0 saturated heterocycles. The SMILES string of the molecule is OCCC#Cc1ccc(CSc2ccc(Cl)c(Cl)c2)cc1. The van der Waals surface area contributed by atoms with E-state index in [1.54, 1.807) is 11.8 Å². The van der Waals surface area contributed by atoms with E-state index in [4.69, 9.17) is 28.3 Å². The van der Waals surface area contributed by atoms with Crippen molar-refractivity contribution in [2.75, 3.05) is 6.61 Å². The van der Waals surface area contributed by atoms with Crippen LogP contribution >= 0.6 is 35.0 Å². The molecule has 4 heteroatoms. The van der Waals surface area contributed by atoms with Crippen LogP contribution in [-0.4, -0.2) is 11.7 Å². The van der Waals surface area contributed by atoms with Crippen molar-refractivity contribution in [2.24, 2.45) is 0 Å². The number of aliphatic hydroxyl groups is 1. The second-order valence-corrected chi connectivity index (χ2v) is 6.20. The first kappa shape index (κ1) is 16.3. The van der Waals surface area contributed by atoms with Crippen LogP contribution in [0, 0.1) is 11.8 Å². The standard InChI is InChI=1S/C17H14Cl2OS/c18-16-9-8-15(11-17(16)19)21-12-14-6-4-13(5-7-14)3-1-2-10-20/h4-9,11,20H,2,10,12H2. The third kappa shape index (κ3) is 5.30. The fourth-order valence-corrected chi connectivity index (χ4v) is 2.89. The quantitative estimate of drug-likeness (QED) is 0.624. The Kier molecular flexibility index (Phi) is 6.48. The predicted molar refractivity (Wildman–Crippen MR) is 91.0 cm³/mol. The summed E-state index contributed by atoms with van der Waals surface area (Å²) < 4.78 is 0. The van der Waals surface area contributed by atoms with Gasteiger partial charge in [0, 0.05) is 22.6 Å². The topological polar surface area (TPSA) is 20.2 Å². The second-order valence-electron chi connectivity index (χ2n) is 4.34. The molecule has 0 atom stereocenters. The molecule has 0 aliphatic rings. The number of benzene rings is 2. The Hall–Kier alpha value is -1.11. The summed E-state index contributed by atoms with van der Waals surface area (Å²) in [6, 6.07) is 13.8. The molecular formula is C17H14Cl2OS. The van der Waals surface area contributed by atoms with E-state index in [2.05, 4.69) is 24.0 Å². The van der Waals surface area contributed by atoms with Crippen molar-refractivity contribution in [1.29, 1.82) is 0 Å². The largest absolute Gasteiger partial charge is 0.395 e. The Labute approximate surface area is 139 Å². The average Bonchev–Trinajstić information content (AvgIpc) is 2.50. The van der Waals surface area contributed by atoms with Crippen molar-refractivity contribution < 1.29 is 5.11 Å². The van der Waals surface area contributed by atoms with E-state index in [-0.39, 0.29) is 6.61 Å². The van der Waals surface area contributed by atoms with Gasteiger partial charge in [-0.25, -0.2) is 0 Å². The second kappa shape index (κ2) is 8.36. The highest BCUT2D eigenvalue weighted by molar-refractivity contribution is 7.98. The maximum atomic E-state index is 8.68. The van der Waals surface area contributed by atoms with Crippen molar-refractivity contribution in [1.82, 2.24) is 0 Å². The molecule has 0 unspecified atom stereocenters. The lowest BCUT2D eigenvalue weighted by atomic mass is 10.1. The van der Waals surface area contributed by atoms with E-state index >= 15 is 0 Å². The molecule has 0 heterocycles. The van der Waals surface area contributed by atoms with Gasteiger partial charge in [0.15, 0.2) is 0 Å². The molecule has 1 nitrogen and oxygen atoms in total. The first-order chi connectivity index (χ1) is 10.2. The molecule has 0 aliphatic carbocycles. The van der Waals surface area contributed by atoms with Crippen LogP contribution in [0.4, 0.5) is 0 Å². The third-order valence-electron chi connectivity index (χ3n) is 2.72. The van der Waals surface area contributed by atoms with Gasteiger partial charge in [0.05, 0.1) is 16.7 Å². The maximum Gasteiger partial charge on any atom is 0.0603 e. The van der Waals surface area contributed by atoms with Crippen LogP contribution < -0.4 is 0 Å². The first-order valence-electron chi connectivity index (χ1n) is 6.45. The Bertz CT molecular complexity index is 657. The highest BCUT2D eigenvalue weighted by Gasteiger charge is 2.01. The van der Waals surface area contributed by atoms with Crippen LogP contribution in [0.5, 0.6) is 0 Å². The number of aliphatic hydroxyl groups excluding tert-OH is 1. The number of hydrogen-bond acceptors (Lipinski definition) is 2. The number of hydrogen-bond donors (Lipinski definition) is 1. The highest BCUT2D eigenvalue weighted by atomic mass is 35.5. The van der Waals surface area contributed by atoms with E-state index in [9.17, 15) is 0 Å². The van der Waals surface area contributed by atoms with Crippen LogP contribution in [-0.2, 0) is 5.75 Å². The van der Waals surface area contributed by atoms with Gasteiger partial charge in [-0.3, -0.25) is 0 Å². The van der Waals surface area contributed by atoms with Gasteiger partial charge in [-0.05, 0) is 35.9 Å². The van der Waals surface area contributed by atoms with Crippen molar-refractivity contribution in [3.05, 3.63) is 63.6 Å². The van der Waals surface area contributed by atoms with Crippen LogP contribution in [0.2, 0.25) is 10.0 Å². The Morgan fingerprint density at radius 1 is 1.00 bits per heavy atom. The first-order valence-corrected chi connectivity index (χ1v) is 8.20. The predicted octanol–water partition coefficient (Wildman–Crippen LogP) is 5.02. The molecule has 2 aromatic carbocycles. The van der Waals surface area contributed by atoms with Gasteiger partial charge in [0.1, 0.15) is 0 Å². The van der Waals surface area contributed by atoms with Crippen molar-refractivity contribution >= 4 is 35.0 Å². The van der Waals surface area contributed by atoms with Crippen molar-refractivity contribution in [3.8, 4) is 11.8 Å². The summed E-state index contributed by atoms with van der Waals surface area (Å²) in [5, 5.41) is 9.84. The summed E-state index contributed by atoms with van der Waals surface area (Å²) >= 11 is 13.6. The highest BCUT2D eigenvalue weighted by Crippen LogP contribution is 2.29. The summed E-state index contributed by atoms with van der Waals surface area (Å²) in [6.07, 6.45) is 0.509. The zero-order valence-corrected chi connectivity index (χ0v) is 13.6. The van der Waals surface area contributed by atoms with E-state index in [0.29, 0.717) is 16.5 Å². The minimum Gasteiger partial charge on any atom is -0.395 e. The monoisotopic (exact) mass is 336 g/mol. The molecule has 1 N–H and O–H groups in total. The van der Waals surface area contributed by atoms with E-state index in [1.165, 1.54) is 5.56 Å². The number of thioether (sulfide) groups is 1. The van der Waals surface area contributed by atoms with Gasteiger partial charge in [-0.1, -0.05) is 47.2 Å². The lowest BCUT2D eigenvalue weighted by molar-refractivity contribution is 0.305. The maximum absolute atomic E-state index is 8.68.